The summed E-state index contributed by atoms with van der Waals surface area (Å²) in [6, 6.07) is 0.462. The molecule has 0 bridgehead atoms. The lowest BCUT2D eigenvalue weighted by atomic mass is 10.1. The Morgan fingerprint density at radius 3 is 2.32 bits per heavy atom. The van der Waals surface area contributed by atoms with Crippen molar-refractivity contribution in [2.75, 3.05) is 11.9 Å². The van der Waals surface area contributed by atoms with Crippen LogP contribution in [0.3, 0.4) is 0 Å². The topological polar surface area (TPSA) is 88.3 Å². The van der Waals surface area contributed by atoms with Gasteiger partial charge in [0, 0.05) is 6.54 Å². The van der Waals surface area contributed by atoms with Gasteiger partial charge in [0.15, 0.2) is 5.78 Å². The lowest BCUT2D eigenvalue weighted by Gasteiger charge is -2.19. The van der Waals surface area contributed by atoms with Gasteiger partial charge < -0.3 is 15.0 Å². The summed E-state index contributed by atoms with van der Waals surface area (Å²) >= 11 is 0. The summed E-state index contributed by atoms with van der Waals surface area (Å²) in [6.07, 6.45) is -5.04. The van der Waals surface area contributed by atoms with Crippen LogP contribution in [0.5, 0.6) is 0 Å². The third kappa shape index (κ3) is 6.24. The fourth-order valence-electron chi connectivity index (χ4n) is 1.95. The molecule has 2 N–H and O–H groups in total. The normalized spacial score (nSPS) is 12.0. The van der Waals surface area contributed by atoms with Crippen molar-refractivity contribution in [1.29, 1.82) is 0 Å². The van der Waals surface area contributed by atoms with Crippen LogP contribution >= 0.6 is 0 Å². The van der Waals surface area contributed by atoms with Crippen LogP contribution in [-0.2, 0) is 15.7 Å². The Balaban J connectivity index is 3.22. The van der Waals surface area contributed by atoms with Crippen molar-refractivity contribution in [1.82, 2.24) is 4.98 Å². The number of alkyl halides is 3. The fraction of sp³-hybridized carbons (Fsp3) is 0.562. The lowest BCUT2D eigenvalue weighted by Crippen LogP contribution is -2.27. The molecule has 0 unspecified atom stereocenters. The largest absolute Gasteiger partial charge is 0.460 e. The number of nitrogens with one attached hydrogen (secondary N) is 2. The number of pyridine rings is 1. The van der Waals surface area contributed by atoms with Crippen molar-refractivity contribution in [3.63, 3.8) is 0 Å². The molecular weight excluding hydrogens is 341 g/mol. The Labute approximate surface area is 142 Å². The Morgan fingerprint density at radius 1 is 1.24 bits per heavy atom. The predicted octanol–water partition coefficient (Wildman–Crippen LogP) is 3.13. The number of hydrogen-bond acceptors (Lipinski definition) is 5. The quantitative estimate of drug-likeness (QED) is 0.461. The van der Waals surface area contributed by atoms with Gasteiger partial charge in [-0.1, -0.05) is 6.92 Å². The molecule has 1 aromatic rings. The predicted molar refractivity (Wildman–Crippen MR) is 85.6 cm³/mol. The van der Waals surface area contributed by atoms with Crippen LogP contribution in [0.25, 0.3) is 0 Å². The molecule has 0 aliphatic heterocycles. The van der Waals surface area contributed by atoms with Gasteiger partial charge in [0.05, 0.1) is 5.56 Å². The van der Waals surface area contributed by atoms with Gasteiger partial charge in [-0.05, 0) is 33.3 Å². The van der Waals surface area contributed by atoms with Crippen LogP contribution < -0.4 is 10.9 Å². The number of H-pyrrole nitrogens is 1. The average Bonchev–Trinajstić information content (AvgIpc) is 2.41. The van der Waals surface area contributed by atoms with Crippen LogP contribution in [0.4, 0.5) is 19.0 Å². The molecule has 0 aromatic carbocycles. The second-order valence-electron chi connectivity index (χ2n) is 6.41. The summed E-state index contributed by atoms with van der Waals surface area (Å²) < 4.78 is 43.8. The summed E-state index contributed by atoms with van der Waals surface area (Å²) in [5.41, 5.74) is -4.10. The third-order valence-electron chi connectivity index (χ3n) is 2.92. The first-order chi connectivity index (χ1) is 11.3. The number of anilines is 1. The second-order valence-corrected chi connectivity index (χ2v) is 6.41. The number of ketones is 1. The number of esters is 1. The third-order valence-corrected chi connectivity index (χ3v) is 2.92. The van der Waals surface area contributed by atoms with Crippen LogP contribution in [0.1, 0.15) is 56.5 Å². The van der Waals surface area contributed by atoms with E-state index in [0.29, 0.717) is 19.0 Å². The van der Waals surface area contributed by atoms with Crippen LogP contribution in [0.15, 0.2) is 10.9 Å². The minimum Gasteiger partial charge on any atom is -0.460 e. The number of aromatic nitrogens is 1. The molecule has 1 rings (SSSR count). The van der Waals surface area contributed by atoms with E-state index in [-0.39, 0.29) is 5.82 Å². The minimum absolute atomic E-state index is 0.145. The van der Waals surface area contributed by atoms with E-state index in [2.05, 4.69) is 5.32 Å². The first-order valence-corrected chi connectivity index (χ1v) is 7.68. The minimum atomic E-state index is -4.92. The van der Waals surface area contributed by atoms with Gasteiger partial charge in [-0.15, -0.1) is 0 Å². The molecule has 0 spiro atoms. The maximum atomic E-state index is 12.9. The second kappa shape index (κ2) is 7.71. The van der Waals surface area contributed by atoms with Gasteiger partial charge in [-0.25, -0.2) is 0 Å². The molecule has 0 aliphatic rings. The van der Waals surface area contributed by atoms with Crippen molar-refractivity contribution < 1.29 is 27.5 Å². The molecule has 25 heavy (non-hydrogen) atoms. The van der Waals surface area contributed by atoms with Gasteiger partial charge in [0.1, 0.15) is 23.4 Å². The van der Waals surface area contributed by atoms with Crippen molar-refractivity contribution in [2.45, 2.75) is 52.3 Å². The number of rotatable bonds is 6. The van der Waals surface area contributed by atoms with E-state index < -0.39 is 46.6 Å². The smallest absolute Gasteiger partial charge is 0.421 e. The van der Waals surface area contributed by atoms with E-state index in [9.17, 15) is 27.6 Å². The van der Waals surface area contributed by atoms with Crippen molar-refractivity contribution in [3.8, 4) is 0 Å². The SMILES string of the molecule is CCCNc1[nH]c(=O)c(C(F)(F)F)cc1C(=O)CC(=O)OC(C)(C)C. The van der Waals surface area contributed by atoms with Crippen molar-refractivity contribution >= 4 is 17.6 Å². The Morgan fingerprint density at radius 2 is 1.84 bits per heavy atom. The summed E-state index contributed by atoms with van der Waals surface area (Å²) in [5, 5.41) is 2.69. The molecule has 6 nitrogen and oxygen atoms in total. The summed E-state index contributed by atoms with van der Waals surface area (Å²) in [7, 11) is 0. The number of halogens is 3. The highest BCUT2D eigenvalue weighted by Crippen LogP contribution is 2.28. The number of aromatic amines is 1. The van der Waals surface area contributed by atoms with Crippen molar-refractivity contribution in [2.24, 2.45) is 0 Å². The average molecular weight is 362 g/mol. The molecule has 0 radical (unpaired) electrons. The molecular formula is C16H21F3N2O4. The Hall–Kier alpha value is -2.32. The molecule has 9 heteroatoms. The zero-order chi connectivity index (χ0) is 19.4. The highest BCUT2D eigenvalue weighted by atomic mass is 19.4. The maximum absolute atomic E-state index is 12.9. The molecule has 140 valence electrons. The standard InChI is InChI=1S/C16H21F3N2O4/c1-5-6-20-13-9(7-10(14(24)21-13)16(17,18)19)11(22)8-12(23)25-15(2,3)4/h7H,5-6,8H2,1-4H3,(H2,20,21,24). The van der Waals surface area contributed by atoms with E-state index >= 15 is 0 Å². The Bertz CT molecular complexity index is 703. The lowest BCUT2D eigenvalue weighted by molar-refractivity contribution is -0.153. The zero-order valence-corrected chi connectivity index (χ0v) is 14.5. The van der Waals surface area contributed by atoms with Gasteiger partial charge in [0.25, 0.3) is 5.56 Å². The van der Waals surface area contributed by atoms with E-state index in [4.69, 9.17) is 4.74 Å². The molecule has 0 fully saturated rings. The molecule has 1 heterocycles. The van der Waals surface area contributed by atoms with Gasteiger partial charge in [0.2, 0.25) is 0 Å². The molecule has 0 saturated carbocycles. The fourth-order valence-corrected chi connectivity index (χ4v) is 1.95. The molecule has 0 aliphatic carbocycles. The van der Waals surface area contributed by atoms with E-state index in [1.54, 1.807) is 27.7 Å². The van der Waals surface area contributed by atoms with E-state index in [1.165, 1.54) is 0 Å². The molecule has 0 saturated heterocycles. The number of carbonyl (C=O) groups is 2. The van der Waals surface area contributed by atoms with Gasteiger partial charge in [-0.2, -0.15) is 13.2 Å². The number of carbonyl (C=O) groups excluding carboxylic acids is 2. The Kier molecular flexibility index (Phi) is 6.39. The highest BCUT2D eigenvalue weighted by molar-refractivity contribution is 6.08. The zero-order valence-electron chi connectivity index (χ0n) is 14.5. The van der Waals surface area contributed by atoms with Crippen LogP contribution in [0.2, 0.25) is 0 Å². The number of ether oxygens (including phenoxy) is 1. The highest BCUT2D eigenvalue weighted by Gasteiger charge is 2.36. The summed E-state index contributed by atoms with van der Waals surface area (Å²) in [6.45, 7) is 6.94. The van der Waals surface area contributed by atoms with Gasteiger partial charge in [-0.3, -0.25) is 14.4 Å². The maximum Gasteiger partial charge on any atom is 0.421 e. The first-order valence-electron chi connectivity index (χ1n) is 7.68. The van der Waals surface area contributed by atoms with Crippen molar-refractivity contribution in [3.05, 3.63) is 27.5 Å². The molecule has 0 amide bonds. The number of Topliss-reactive ketones (excluding diaryl/α,β-unsaturated/α-hetero) is 1. The van der Waals surface area contributed by atoms with Crippen LogP contribution in [0, 0.1) is 0 Å². The van der Waals surface area contributed by atoms with E-state index in [0.717, 1.165) is 0 Å². The summed E-state index contributed by atoms with van der Waals surface area (Å²) in [4.78, 5) is 37.7. The molecule has 1 aromatic heterocycles. The molecule has 0 atom stereocenters. The first kappa shape index (κ1) is 20.7. The van der Waals surface area contributed by atoms with Gasteiger partial charge >= 0.3 is 12.1 Å². The van der Waals surface area contributed by atoms with E-state index in [1.807, 2.05) is 4.98 Å². The van der Waals surface area contributed by atoms with Crippen LogP contribution in [-0.4, -0.2) is 28.9 Å². The number of hydrogen-bond donors (Lipinski definition) is 2. The monoisotopic (exact) mass is 362 g/mol. The summed E-state index contributed by atoms with van der Waals surface area (Å²) in [5.74, 6) is -1.89.